The van der Waals surface area contributed by atoms with Gasteiger partial charge in [0.1, 0.15) is 0 Å². The summed E-state index contributed by atoms with van der Waals surface area (Å²) in [6, 6.07) is 4.67. The Morgan fingerprint density at radius 1 is 1.32 bits per heavy atom. The van der Waals surface area contributed by atoms with E-state index in [4.69, 9.17) is 5.11 Å². The van der Waals surface area contributed by atoms with Crippen LogP contribution in [0.25, 0.3) is 0 Å². The van der Waals surface area contributed by atoms with E-state index < -0.39 is 21.6 Å². The lowest BCUT2D eigenvalue weighted by molar-refractivity contribution is -0.134. The molecule has 104 valence electrons. The van der Waals surface area contributed by atoms with Crippen molar-refractivity contribution in [3.8, 4) is 0 Å². The average molecular weight is 348 g/mol. The number of carboxylic acids is 1. The number of hydrogen-bond donors (Lipinski definition) is 1. The first kappa shape index (κ1) is 14.3. The first-order valence-electron chi connectivity index (χ1n) is 5.89. The predicted octanol–water partition coefficient (Wildman–Crippen LogP) is 1.91. The lowest BCUT2D eigenvalue weighted by Gasteiger charge is -2.19. The van der Waals surface area contributed by atoms with Crippen molar-refractivity contribution in [3.05, 3.63) is 22.7 Å². The first-order chi connectivity index (χ1) is 8.90. The lowest BCUT2D eigenvalue weighted by atomic mass is 10.3. The number of anilines is 1. The molecule has 2 rings (SSSR count). The smallest absolute Gasteiger partial charge is 0.319 e. The van der Waals surface area contributed by atoms with E-state index in [1.807, 2.05) is 0 Å². The highest BCUT2D eigenvalue weighted by Gasteiger charge is 2.21. The molecule has 0 aliphatic carbocycles. The molecule has 1 fully saturated rings. The minimum atomic E-state index is -3.77. The Hall–Kier alpha value is -1.08. The van der Waals surface area contributed by atoms with Gasteiger partial charge in [0.25, 0.3) is 0 Å². The monoisotopic (exact) mass is 347 g/mol. The fourth-order valence-electron chi connectivity index (χ4n) is 2.14. The first-order valence-corrected chi connectivity index (χ1v) is 8.34. The molecule has 1 heterocycles. The van der Waals surface area contributed by atoms with Gasteiger partial charge in [-0.1, -0.05) is 0 Å². The van der Waals surface area contributed by atoms with Crippen LogP contribution in [-0.2, 0) is 14.6 Å². The van der Waals surface area contributed by atoms with Crippen molar-refractivity contribution in [1.29, 1.82) is 0 Å². The van der Waals surface area contributed by atoms with Gasteiger partial charge in [-0.3, -0.25) is 4.79 Å². The van der Waals surface area contributed by atoms with Gasteiger partial charge < -0.3 is 10.0 Å². The molecule has 0 saturated carbocycles. The molecular formula is C12H14BrNO4S. The molecule has 1 aromatic carbocycles. The van der Waals surface area contributed by atoms with Gasteiger partial charge in [-0.2, -0.15) is 0 Å². The van der Waals surface area contributed by atoms with Crippen LogP contribution in [0, 0.1) is 0 Å². The summed E-state index contributed by atoms with van der Waals surface area (Å²) in [5.41, 5.74) is 0.951. The highest BCUT2D eigenvalue weighted by molar-refractivity contribution is 9.10. The van der Waals surface area contributed by atoms with E-state index in [0.29, 0.717) is 4.47 Å². The van der Waals surface area contributed by atoms with Crippen molar-refractivity contribution in [2.75, 3.05) is 23.7 Å². The van der Waals surface area contributed by atoms with Crippen LogP contribution in [0.2, 0.25) is 0 Å². The minimum absolute atomic E-state index is 0.0321. The Morgan fingerprint density at radius 3 is 2.47 bits per heavy atom. The van der Waals surface area contributed by atoms with Crippen LogP contribution in [0.1, 0.15) is 12.8 Å². The largest absolute Gasteiger partial charge is 0.480 e. The van der Waals surface area contributed by atoms with E-state index in [1.165, 1.54) is 12.1 Å². The van der Waals surface area contributed by atoms with Crippen LogP contribution in [0.15, 0.2) is 27.6 Å². The van der Waals surface area contributed by atoms with E-state index in [1.54, 1.807) is 6.07 Å². The molecule has 0 aromatic heterocycles. The average Bonchev–Trinajstić information content (AvgIpc) is 2.80. The van der Waals surface area contributed by atoms with Gasteiger partial charge in [0.2, 0.25) is 0 Å². The van der Waals surface area contributed by atoms with Crippen molar-refractivity contribution in [2.45, 2.75) is 17.7 Å². The van der Waals surface area contributed by atoms with Crippen LogP contribution >= 0.6 is 15.9 Å². The Kier molecular flexibility index (Phi) is 4.15. The Morgan fingerprint density at radius 2 is 1.95 bits per heavy atom. The molecule has 0 amide bonds. The number of benzene rings is 1. The van der Waals surface area contributed by atoms with Crippen LogP contribution in [-0.4, -0.2) is 38.3 Å². The summed E-state index contributed by atoms with van der Waals surface area (Å²) in [6.07, 6.45) is 2.26. The summed E-state index contributed by atoms with van der Waals surface area (Å²) in [5, 5.41) is 8.61. The van der Waals surface area contributed by atoms with Crippen LogP contribution in [0.5, 0.6) is 0 Å². The van der Waals surface area contributed by atoms with E-state index in [2.05, 4.69) is 20.8 Å². The number of halogens is 1. The van der Waals surface area contributed by atoms with Crippen molar-refractivity contribution in [3.63, 3.8) is 0 Å². The molecule has 19 heavy (non-hydrogen) atoms. The normalized spacial score (nSPS) is 15.7. The molecule has 0 atom stereocenters. The molecule has 0 spiro atoms. The number of carbonyl (C=O) groups is 1. The molecule has 7 heteroatoms. The predicted molar refractivity (Wildman–Crippen MR) is 75.3 cm³/mol. The van der Waals surface area contributed by atoms with Gasteiger partial charge in [0.05, 0.1) is 10.6 Å². The van der Waals surface area contributed by atoms with Gasteiger partial charge >= 0.3 is 5.97 Å². The van der Waals surface area contributed by atoms with E-state index in [0.717, 1.165) is 31.6 Å². The third-order valence-corrected chi connectivity index (χ3v) is 5.27. The van der Waals surface area contributed by atoms with Gasteiger partial charge in [-0.25, -0.2) is 8.42 Å². The highest BCUT2D eigenvalue weighted by Crippen LogP contribution is 2.31. The topological polar surface area (TPSA) is 74.7 Å². The summed E-state index contributed by atoms with van der Waals surface area (Å²) in [4.78, 5) is 12.8. The maximum atomic E-state index is 11.8. The van der Waals surface area contributed by atoms with Gasteiger partial charge in [0.15, 0.2) is 15.6 Å². The third kappa shape index (κ3) is 3.27. The molecule has 1 aliphatic rings. The molecular weight excluding hydrogens is 334 g/mol. The maximum Gasteiger partial charge on any atom is 0.319 e. The lowest BCUT2D eigenvalue weighted by Crippen LogP contribution is -2.19. The standard InChI is InChI=1S/C12H14BrNO4S/c13-10-7-9(19(17,18)8-12(15)16)3-4-11(10)14-5-1-2-6-14/h3-4,7H,1-2,5-6,8H2,(H,15,16). The number of nitrogens with zero attached hydrogens (tertiary/aromatic N) is 1. The molecule has 1 aliphatic heterocycles. The summed E-state index contributed by atoms with van der Waals surface area (Å²) < 4.78 is 24.3. The van der Waals surface area contributed by atoms with Crippen LogP contribution < -0.4 is 4.90 Å². The third-order valence-electron chi connectivity index (χ3n) is 3.04. The molecule has 5 nitrogen and oxygen atoms in total. The molecule has 0 radical (unpaired) electrons. The van der Waals surface area contributed by atoms with Gasteiger partial charge in [0, 0.05) is 17.6 Å². The SMILES string of the molecule is O=C(O)CS(=O)(=O)c1ccc(N2CCCC2)c(Br)c1. The number of hydrogen-bond acceptors (Lipinski definition) is 4. The molecule has 0 bridgehead atoms. The zero-order chi connectivity index (χ0) is 14.0. The zero-order valence-corrected chi connectivity index (χ0v) is 12.6. The van der Waals surface area contributed by atoms with Crippen LogP contribution in [0.4, 0.5) is 5.69 Å². The number of sulfone groups is 1. The molecule has 1 saturated heterocycles. The second-order valence-electron chi connectivity index (χ2n) is 4.46. The van der Waals surface area contributed by atoms with Crippen molar-refractivity contribution in [2.24, 2.45) is 0 Å². The molecule has 1 N–H and O–H groups in total. The van der Waals surface area contributed by atoms with Crippen molar-refractivity contribution in [1.82, 2.24) is 0 Å². The fraction of sp³-hybridized carbons (Fsp3) is 0.417. The van der Waals surface area contributed by atoms with Crippen molar-refractivity contribution < 1.29 is 18.3 Å². The fourth-order valence-corrected chi connectivity index (χ4v) is 3.99. The quantitative estimate of drug-likeness (QED) is 0.900. The van der Waals surface area contributed by atoms with Crippen molar-refractivity contribution >= 4 is 37.4 Å². The zero-order valence-electron chi connectivity index (χ0n) is 10.2. The minimum Gasteiger partial charge on any atom is -0.480 e. The summed E-state index contributed by atoms with van der Waals surface area (Å²) in [5.74, 6) is -2.23. The van der Waals surface area contributed by atoms with Gasteiger partial charge in [-0.05, 0) is 47.0 Å². The summed E-state index contributed by atoms with van der Waals surface area (Å²) in [6.45, 7) is 1.92. The second kappa shape index (κ2) is 5.50. The summed E-state index contributed by atoms with van der Waals surface area (Å²) in [7, 11) is -3.77. The highest BCUT2D eigenvalue weighted by atomic mass is 79.9. The number of carboxylic acid groups (broad SMARTS) is 1. The Labute approximate surface area is 120 Å². The Balaban J connectivity index is 2.30. The Bertz CT molecular complexity index is 594. The van der Waals surface area contributed by atoms with Crippen LogP contribution in [0.3, 0.4) is 0 Å². The molecule has 1 aromatic rings. The number of aliphatic carboxylic acids is 1. The van der Waals surface area contributed by atoms with E-state index in [9.17, 15) is 13.2 Å². The second-order valence-corrected chi connectivity index (χ2v) is 7.30. The summed E-state index contributed by atoms with van der Waals surface area (Å²) >= 11 is 3.36. The van der Waals surface area contributed by atoms with E-state index in [-0.39, 0.29) is 4.90 Å². The maximum absolute atomic E-state index is 11.8. The van der Waals surface area contributed by atoms with Gasteiger partial charge in [-0.15, -0.1) is 0 Å². The molecule has 0 unspecified atom stereocenters. The van der Waals surface area contributed by atoms with E-state index >= 15 is 0 Å². The number of rotatable bonds is 4.